The van der Waals surface area contributed by atoms with Gasteiger partial charge >= 0.3 is 0 Å². The van der Waals surface area contributed by atoms with Gasteiger partial charge in [0.1, 0.15) is 0 Å². The first-order chi connectivity index (χ1) is 14.7. The van der Waals surface area contributed by atoms with Gasteiger partial charge in [-0.25, -0.2) is 4.98 Å². The molecular formula is C20H22N4O4S2. The fourth-order valence-corrected chi connectivity index (χ4v) is 5.39. The summed E-state index contributed by atoms with van der Waals surface area (Å²) in [5.41, 5.74) is 1.02. The number of rotatable bonds is 6. The molecule has 10 heteroatoms. The van der Waals surface area contributed by atoms with Crippen LogP contribution in [0.3, 0.4) is 0 Å². The van der Waals surface area contributed by atoms with E-state index in [9.17, 15) is 4.79 Å². The van der Waals surface area contributed by atoms with Crippen molar-refractivity contribution in [1.82, 2.24) is 20.1 Å². The molecule has 0 unspecified atom stereocenters. The van der Waals surface area contributed by atoms with Gasteiger partial charge < -0.3 is 18.8 Å². The molecule has 2 saturated heterocycles. The van der Waals surface area contributed by atoms with E-state index < -0.39 is 5.79 Å². The lowest BCUT2D eigenvalue weighted by atomic mass is 10.0. The van der Waals surface area contributed by atoms with Crippen LogP contribution in [-0.4, -0.2) is 63.8 Å². The number of carbonyl (C=O) groups excluding carboxylic acids is 1. The number of piperidine rings is 1. The van der Waals surface area contributed by atoms with Crippen LogP contribution < -0.4 is 0 Å². The molecule has 5 rings (SSSR count). The zero-order chi connectivity index (χ0) is 20.4. The molecule has 0 saturated carbocycles. The molecule has 2 aliphatic rings. The standard InChI is InChI=1S/C20H22N4O4S2/c25-18(24-9-7-20(8-10-24)26-11-12-27-20)13-29-19-23-22-16(28-19)5-6-17-21-14-3-1-2-4-15(14)30-17/h1-4H,5-13H2. The Balaban J connectivity index is 1.09. The highest BCUT2D eigenvalue weighted by molar-refractivity contribution is 7.99. The number of thioether (sulfide) groups is 1. The van der Waals surface area contributed by atoms with Crippen LogP contribution in [0, 0.1) is 0 Å². The molecule has 2 aromatic heterocycles. The fraction of sp³-hybridized carbons (Fsp3) is 0.500. The van der Waals surface area contributed by atoms with Crippen LogP contribution in [0.4, 0.5) is 0 Å². The molecule has 4 heterocycles. The molecule has 1 spiro atoms. The second-order valence-corrected chi connectivity index (χ2v) is 9.36. The number of hydrogen-bond donors (Lipinski definition) is 0. The van der Waals surface area contributed by atoms with Crippen molar-refractivity contribution < 1.29 is 18.7 Å². The average Bonchev–Trinajstić information content (AvgIpc) is 3.51. The molecule has 0 aliphatic carbocycles. The third-order valence-corrected chi connectivity index (χ3v) is 7.25. The average molecular weight is 447 g/mol. The van der Waals surface area contributed by atoms with Gasteiger partial charge in [0.2, 0.25) is 11.8 Å². The van der Waals surface area contributed by atoms with E-state index in [-0.39, 0.29) is 11.7 Å². The first-order valence-corrected chi connectivity index (χ1v) is 11.8. The highest BCUT2D eigenvalue weighted by Crippen LogP contribution is 2.31. The van der Waals surface area contributed by atoms with Crippen LogP contribution in [0.2, 0.25) is 0 Å². The van der Waals surface area contributed by atoms with Crippen LogP contribution in [0.1, 0.15) is 23.7 Å². The van der Waals surface area contributed by atoms with Gasteiger partial charge in [-0.1, -0.05) is 23.9 Å². The van der Waals surface area contributed by atoms with E-state index >= 15 is 0 Å². The number of aromatic nitrogens is 3. The van der Waals surface area contributed by atoms with Crippen molar-refractivity contribution in [1.29, 1.82) is 0 Å². The van der Waals surface area contributed by atoms with Crippen LogP contribution in [0.15, 0.2) is 33.9 Å². The number of benzene rings is 1. The number of aryl methyl sites for hydroxylation is 2. The Morgan fingerprint density at radius 3 is 2.73 bits per heavy atom. The normalized spacial score (nSPS) is 18.5. The van der Waals surface area contributed by atoms with Gasteiger partial charge in [-0.15, -0.1) is 21.5 Å². The van der Waals surface area contributed by atoms with Crippen molar-refractivity contribution in [2.24, 2.45) is 0 Å². The Bertz CT molecular complexity index is 988. The van der Waals surface area contributed by atoms with Crippen molar-refractivity contribution in [2.75, 3.05) is 32.1 Å². The predicted molar refractivity (Wildman–Crippen MR) is 112 cm³/mol. The van der Waals surface area contributed by atoms with E-state index in [1.54, 1.807) is 11.3 Å². The lowest BCUT2D eigenvalue weighted by Crippen LogP contribution is -2.47. The van der Waals surface area contributed by atoms with Crippen LogP contribution >= 0.6 is 23.1 Å². The molecule has 1 amide bonds. The number of amides is 1. The van der Waals surface area contributed by atoms with Gasteiger partial charge in [0, 0.05) is 38.8 Å². The first-order valence-electron chi connectivity index (χ1n) is 10.0. The summed E-state index contributed by atoms with van der Waals surface area (Å²) < 4.78 is 18.3. The Kier molecular flexibility index (Phi) is 5.72. The van der Waals surface area contributed by atoms with E-state index in [1.807, 2.05) is 23.1 Å². The van der Waals surface area contributed by atoms with Crippen molar-refractivity contribution in [3.8, 4) is 0 Å². The maximum atomic E-state index is 12.5. The SMILES string of the molecule is O=C(CSc1nnc(CCc2nc3ccccc3s2)o1)N1CCC2(CC1)OCCO2. The molecule has 2 fully saturated rings. The minimum absolute atomic E-state index is 0.0714. The summed E-state index contributed by atoms with van der Waals surface area (Å²) in [6.45, 7) is 2.58. The van der Waals surface area contributed by atoms with Gasteiger partial charge in [-0.3, -0.25) is 4.79 Å². The van der Waals surface area contributed by atoms with Crippen molar-refractivity contribution in [3.63, 3.8) is 0 Å². The summed E-state index contributed by atoms with van der Waals surface area (Å²) in [4.78, 5) is 19.0. The predicted octanol–water partition coefficient (Wildman–Crippen LogP) is 2.92. The summed E-state index contributed by atoms with van der Waals surface area (Å²) in [6, 6.07) is 8.10. The maximum absolute atomic E-state index is 12.5. The largest absolute Gasteiger partial charge is 0.416 e. The quantitative estimate of drug-likeness (QED) is 0.534. The number of ether oxygens (including phenoxy) is 2. The summed E-state index contributed by atoms with van der Waals surface area (Å²) in [7, 11) is 0. The monoisotopic (exact) mass is 446 g/mol. The summed E-state index contributed by atoms with van der Waals surface area (Å²) in [6.07, 6.45) is 2.83. The number of fused-ring (bicyclic) bond motifs is 1. The molecule has 158 valence electrons. The number of para-hydroxylation sites is 1. The molecule has 1 aromatic carbocycles. The Morgan fingerprint density at radius 1 is 1.13 bits per heavy atom. The van der Waals surface area contributed by atoms with Crippen molar-refractivity contribution in [2.45, 2.75) is 36.7 Å². The molecule has 0 bridgehead atoms. The smallest absolute Gasteiger partial charge is 0.277 e. The van der Waals surface area contributed by atoms with E-state index in [2.05, 4.69) is 21.2 Å². The maximum Gasteiger partial charge on any atom is 0.277 e. The number of carbonyl (C=O) groups is 1. The van der Waals surface area contributed by atoms with Gasteiger partial charge in [0.05, 0.1) is 34.2 Å². The zero-order valence-electron chi connectivity index (χ0n) is 16.4. The molecule has 30 heavy (non-hydrogen) atoms. The highest BCUT2D eigenvalue weighted by atomic mass is 32.2. The summed E-state index contributed by atoms with van der Waals surface area (Å²) >= 11 is 2.97. The first kappa shape index (κ1) is 19.9. The molecule has 2 aliphatic heterocycles. The molecule has 0 atom stereocenters. The van der Waals surface area contributed by atoms with E-state index in [4.69, 9.17) is 13.9 Å². The molecule has 0 radical (unpaired) electrons. The van der Waals surface area contributed by atoms with Gasteiger partial charge in [-0.05, 0) is 12.1 Å². The Morgan fingerprint density at radius 2 is 1.93 bits per heavy atom. The summed E-state index contributed by atoms with van der Waals surface area (Å²) in [5.74, 6) is 0.463. The molecule has 8 nitrogen and oxygen atoms in total. The number of nitrogens with zero attached hydrogens (tertiary/aromatic N) is 4. The lowest BCUT2D eigenvalue weighted by Gasteiger charge is -2.37. The van der Waals surface area contributed by atoms with E-state index in [0.29, 0.717) is 43.8 Å². The number of hydrogen-bond acceptors (Lipinski definition) is 9. The number of thiazole rings is 1. The van der Waals surface area contributed by atoms with Crippen LogP contribution in [0.25, 0.3) is 10.2 Å². The van der Waals surface area contributed by atoms with Gasteiger partial charge in [0.15, 0.2) is 5.79 Å². The van der Waals surface area contributed by atoms with Crippen molar-refractivity contribution >= 4 is 39.2 Å². The van der Waals surface area contributed by atoms with E-state index in [1.165, 1.54) is 16.5 Å². The van der Waals surface area contributed by atoms with Crippen LogP contribution in [-0.2, 0) is 27.1 Å². The Labute approximate surface area is 182 Å². The highest BCUT2D eigenvalue weighted by Gasteiger charge is 2.40. The second-order valence-electron chi connectivity index (χ2n) is 7.31. The Hall–Kier alpha value is -2.01. The third kappa shape index (κ3) is 4.36. The molecule has 3 aromatic rings. The van der Waals surface area contributed by atoms with Gasteiger partial charge in [0.25, 0.3) is 5.22 Å². The fourth-order valence-electron chi connectivity index (χ4n) is 3.74. The second kappa shape index (κ2) is 8.62. The molecule has 0 N–H and O–H groups in total. The zero-order valence-corrected chi connectivity index (χ0v) is 18.0. The topological polar surface area (TPSA) is 90.6 Å². The van der Waals surface area contributed by atoms with Gasteiger partial charge in [-0.2, -0.15) is 0 Å². The minimum Gasteiger partial charge on any atom is -0.416 e. The third-order valence-electron chi connectivity index (χ3n) is 5.35. The minimum atomic E-state index is -0.464. The lowest BCUT2D eigenvalue weighted by molar-refractivity contribution is -0.186. The van der Waals surface area contributed by atoms with Crippen molar-refractivity contribution in [3.05, 3.63) is 35.2 Å². The summed E-state index contributed by atoms with van der Waals surface area (Å²) in [5, 5.41) is 9.65. The van der Waals surface area contributed by atoms with E-state index in [0.717, 1.165) is 29.8 Å². The van der Waals surface area contributed by atoms with Crippen LogP contribution in [0.5, 0.6) is 0 Å². The molecular weight excluding hydrogens is 424 g/mol. The number of likely N-dealkylation sites (tertiary alicyclic amines) is 1.